The van der Waals surface area contributed by atoms with Crippen LogP contribution in [0.1, 0.15) is 26.6 Å². The number of aryl methyl sites for hydroxylation is 3. The lowest BCUT2D eigenvalue weighted by molar-refractivity contribution is 0.103. The molecule has 0 unspecified atom stereocenters. The van der Waals surface area contributed by atoms with Gasteiger partial charge in [-0.3, -0.25) is 9.69 Å². The number of anilines is 4. The lowest BCUT2D eigenvalue weighted by Crippen LogP contribution is -2.47. The van der Waals surface area contributed by atoms with Gasteiger partial charge >= 0.3 is 0 Å². The highest BCUT2D eigenvalue weighted by molar-refractivity contribution is 7.17. The molecule has 2 aromatic heterocycles. The molecule has 3 aromatic rings. The highest BCUT2D eigenvalue weighted by atomic mass is 35.5. The molecule has 0 radical (unpaired) electrons. The van der Waals surface area contributed by atoms with Crippen LogP contribution in [0.2, 0.25) is 5.02 Å². The fourth-order valence-electron chi connectivity index (χ4n) is 3.92. The van der Waals surface area contributed by atoms with Gasteiger partial charge in [0.25, 0.3) is 5.91 Å². The topological polar surface area (TPSA) is 107 Å². The second-order valence-electron chi connectivity index (χ2n) is 8.26. The van der Waals surface area contributed by atoms with Crippen molar-refractivity contribution in [1.29, 1.82) is 0 Å². The van der Waals surface area contributed by atoms with Crippen molar-refractivity contribution >= 4 is 51.3 Å². The first-order valence-corrected chi connectivity index (χ1v) is 12.3. The predicted molar refractivity (Wildman–Crippen MR) is 137 cm³/mol. The van der Waals surface area contributed by atoms with E-state index in [1.165, 1.54) is 17.5 Å². The van der Waals surface area contributed by atoms with Crippen LogP contribution in [0.25, 0.3) is 0 Å². The number of thiazole rings is 1. The fourth-order valence-corrected chi connectivity index (χ4v) is 5.00. The highest BCUT2D eigenvalue weighted by Crippen LogP contribution is 2.29. The Morgan fingerprint density at radius 2 is 1.91 bits per heavy atom. The van der Waals surface area contributed by atoms with Crippen molar-refractivity contribution in [2.45, 2.75) is 20.8 Å². The molecule has 1 aliphatic heterocycles. The Morgan fingerprint density at radius 1 is 1.15 bits per heavy atom. The van der Waals surface area contributed by atoms with Gasteiger partial charge in [-0.05, 0) is 38.0 Å². The van der Waals surface area contributed by atoms with Crippen molar-refractivity contribution in [2.24, 2.45) is 0 Å². The Labute approximate surface area is 207 Å². The van der Waals surface area contributed by atoms with E-state index in [2.05, 4.69) is 35.4 Å². The zero-order chi connectivity index (χ0) is 24.2. The Balaban J connectivity index is 1.43. The van der Waals surface area contributed by atoms with E-state index >= 15 is 0 Å². The summed E-state index contributed by atoms with van der Waals surface area (Å²) in [7, 11) is 0. The maximum Gasteiger partial charge on any atom is 0.267 e. The van der Waals surface area contributed by atoms with Gasteiger partial charge in [0.1, 0.15) is 22.3 Å². The molecule has 1 fully saturated rings. The normalized spacial score (nSPS) is 14.3. The predicted octanol–water partition coefficient (Wildman–Crippen LogP) is 3.62. The maximum atomic E-state index is 12.8. The second-order valence-corrected chi connectivity index (χ2v) is 9.70. The molecule has 11 heteroatoms. The molecule has 34 heavy (non-hydrogen) atoms. The summed E-state index contributed by atoms with van der Waals surface area (Å²) in [4.78, 5) is 31.1. The molecule has 4 rings (SSSR count). The number of halogens is 1. The number of nitrogens with one attached hydrogen (secondary N) is 2. The van der Waals surface area contributed by atoms with E-state index in [4.69, 9.17) is 16.7 Å². The van der Waals surface area contributed by atoms with Crippen LogP contribution in [-0.4, -0.2) is 70.2 Å². The zero-order valence-corrected chi connectivity index (χ0v) is 21.0. The van der Waals surface area contributed by atoms with Gasteiger partial charge in [-0.15, -0.1) is 0 Å². The summed E-state index contributed by atoms with van der Waals surface area (Å²) in [5, 5.41) is 16.3. The summed E-state index contributed by atoms with van der Waals surface area (Å²) in [5.74, 6) is 1.85. The van der Waals surface area contributed by atoms with Crippen LogP contribution in [0.3, 0.4) is 0 Å². The number of nitrogens with zero attached hydrogens (tertiary/aromatic N) is 5. The van der Waals surface area contributed by atoms with E-state index in [-0.39, 0.29) is 12.5 Å². The van der Waals surface area contributed by atoms with Crippen molar-refractivity contribution in [1.82, 2.24) is 19.9 Å². The minimum absolute atomic E-state index is 0.173. The molecule has 1 amide bonds. The second kappa shape index (κ2) is 10.6. The molecule has 0 spiro atoms. The van der Waals surface area contributed by atoms with E-state index in [1.807, 2.05) is 39.0 Å². The third kappa shape index (κ3) is 5.82. The van der Waals surface area contributed by atoms with Crippen molar-refractivity contribution < 1.29 is 9.90 Å². The Kier molecular flexibility index (Phi) is 7.62. The maximum absolute atomic E-state index is 12.8. The molecular formula is C23H28ClN7O2S. The highest BCUT2D eigenvalue weighted by Gasteiger charge is 2.19. The molecule has 0 atom stereocenters. The van der Waals surface area contributed by atoms with Crippen LogP contribution in [0.4, 0.5) is 22.5 Å². The SMILES string of the molecule is Cc1cc(C)c(NC(=O)c2cnc(Nc3cc(N4CCN(CCO)CC4)nc(C)n3)s2)c(Cl)c1. The average molecular weight is 502 g/mol. The van der Waals surface area contributed by atoms with E-state index < -0.39 is 0 Å². The Hall–Kier alpha value is -2.79. The summed E-state index contributed by atoms with van der Waals surface area (Å²) in [5.41, 5.74) is 2.55. The number of carbonyl (C=O) groups excluding carboxylic acids is 1. The van der Waals surface area contributed by atoms with Gasteiger partial charge in [-0.25, -0.2) is 15.0 Å². The van der Waals surface area contributed by atoms with E-state index in [9.17, 15) is 4.79 Å². The number of aliphatic hydroxyl groups excluding tert-OH is 1. The van der Waals surface area contributed by atoms with Crippen LogP contribution in [-0.2, 0) is 0 Å². The van der Waals surface area contributed by atoms with Crippen LogP contribution >= 0.6 is 22.9 Å². The molecule has 3 N–H and O–H groups in total. The molecule has 0 aliphatic carbocycles. The van der Waals surface area contributed by atoms with Crippen LogP contribution in [0, 0.1) is 20.8 Å². The fraction of sp³-hybridized carbons (Fsp3) is 0.391. The van der Waals surface area contributed by atoms with E-state index in [0.29, 0.717) is 38.9 Å². The average Bonchev–Trinajstić information content (AvgIpc) is 3.25. The van der Waals surface area contributed by atoms with E-state index in [1.54, 1.807) is 0 Å². The standard InChI is InChI=1S/C23H28ClN7O2S/c1-14-10-15(2)21(17(24)11-14)29-22(33)18-13-25-23(34-18)28-19-12-20(27-16(3)26-19)31-6-4-30(5-7-31)8-9-32/h10-13,32H,4-9H2,1-3H3,(H,29,33)(H,25,26,27,28). The molecule has 1 aliphatic rings. The summed E-state index contributed by atoms with van der Waals surface area (Å²) in [6, 6.07) is 5.69. The molecule has 0 bridgehead atoms. The van der Waals surface area contributed by atoms with Gasteiger partial charge < -0.3 is 20.6 Å². The molecule has 1 saturated heterocycles. The van der Waals surface area contributed by atoms with E-state index in [0.717, 1.165) is 43.1 Å². The number of aliphatic hydroxyl groups is 1. The number of aromatic nitrogens is 3. The number of hydrogen-bond acceptors (Lipinski definition) is 9. The van der Waals surface area contributed by atoms with Gasteiger partial charge in [-0.1, -0.05) is 29.0 Å². The van der Waals surface area contributed by atoms with Gasteiger partial charge in [0, 0.05) is 38.8 Å². The molecule has 180 valence electrons. The van der Waals surface area contributed by atoms with Crippen molar-refractivity contribution in [3.05, 3.63) is 51.2 Å². The summed E-state index contributed by atoms with van der Waals surface area (Å²) < 4.78 is 0. The van der Waals surface area contributed by atoms with Gasteiger partial charge in [0.2, 0.25) is 0 Å². The van der Waals surface area contributed by atoms with Gasteiger partial charge in [-0.2, -0.15) is 0 Å². The lowest BCUT2D eigenvalue weighted by Gasteiger charge is -2.35. The number of hydrogen-bond donors (Lipinski definition) is 3. The Morgan fingerprint density at radius 3 is 2.62 bits per heavy atom. The van der Waals surface area contributed by atoms with Crippen molar-refractivity contribution in [2.75, 3.05) is 54.9 Å². The molecule has 0 saturated carbocycles. The van der Waals surface area contributed by atoms with Crippen LogP contribution in [0.5, 0.6) is 0 Å². The Bertz CT molecular complexity index is 1150. The lowest BCUT2D eigenvalue weighted by atomic mass is 10.1. The first-order chi connectivity index (χ1) is 16.3. The quantitative estimate of drug-likeness (QED) is 0.450. The minimum Gasteiger partial charge on any atom is -0.395 e. The summed E-state index contributed by atoms with van der Waals surface area (Å²) in [6.45, 7) is 10.0. The molecule has 9 nitrogen and oxygen atoms in total. The molecule has 1 aromatic carbocycles. The number of carbonyl (C=O) groups is 1. The zero-order valence-electron chi connectivity index (χ0n) is 19.4. The van der Waals surface area contributed by atoms with Crippen molar-refractivity contribution in [3.8, 4) is 0 Å². The van der Waals surface area contributed by atoms with Crippen molar-refractivity contribution in [3.63, 3.8) is 0 Å². The first kappa shape index (κ1) is 24.3. The largest absolute Gasteiger partial charge is 0.395 e. The number of rotatable bonds is 7. The molecule has 3 heterocycles. The monoisotopic (exact) mass is 501 g/mol. The number of benzene rings is 1. The third-order valence-electron chi connectivity index (χ3n) is 5.57. The van der Waals surface area contributed by atoms with Crippen LogP contribution < -0.4 is 15.5 Å². The van der Waals surface area contributed by atoms with Gasteiger partial charge in [0.05, 0.1) is 23.5 Å². The number of amides is 1. The van der Waals surface area contributed by atoms with Crippen LogP contribution in [0.15, 0.2) is 24.4 Å². The third-order valence-corrected chi connectivity index (χ3v) is 6.78. The minimum atomic E-state index is -0.264. The smallest absolute Gasteiger partial charge is 0.267 e. The summed E-state index contributed by atoms with van der Waals surface area (Å²) in [6.07, 6.45) is 1.54. The number of piperazine rings is 1. The summed E-state index contributed by atoms with van der Waals surface area (Å²) >= 11 is 7.57. The number of β-amino-alcohol motifs (C(OH)–C–C–N with tert-alkyl or cyclic N) is 1. The molecular weight excluding hydrogens is 474 g/mol. The van der Waals surface area contributed by atoms with Gasteiger partial charge in [0.15, 0.2) is 5.13 Å². The first-order valence-electron chi connectivity index (χ1n) is 11.1.